The Labute approximate surface area is 159 Å². The Hall–Kier alpha value is -2.38. The number of ether oxygens (including phenoxy) is 1. The number of H-pyrrole nitrogens is 1. The van der Waals surface area contributed by atoms with Crippen molar-refractivity contribution in [2.24, 2.45) is 0 Å². The van der Waals surface area contributed by atoms with E-state index >= 15 is 0 Å². The van der Waals surface area contributed by atoms with Crippen molar-refractivity contribution < 1.29 is 4.74 Å². The van der Waals surface area contributed by atoms with Gasteiger partial charge in [0.15, 0.2) is 0 Å². The highest BCUT2D eigenvalue weighted by molar-refractivity contribution is 5.37. The Morgan fingerprint density at radius 3 is 2.67 bits per heavy atom. The maximum absolute atomic E-state index is 12.3. The molecular weight excluding hydrogens is 342 g/mol. The average Bonchev–Trinajstić information content (AvgIpc) is 3.18. The number of nitrogens with zero attached hydrogens (tertiary/aromatic N) is 3. The fraction of sp³-hybridized carbons (Fsp3) is 0.500. The molecule has 144 valence electrons. The number of piperazine rings is 1. The molecule has 2 atom stereocenters. The van der Waals surface area contributed by atoms with Crippen LogP contribution in [0.5, 0.6) is 5.75 Å². The number of rotatable bonds is 4. The first-order chi connectivity index (χ1) is 13.1. The molecule has 0 saturated carbocycles. The Balaban J connectivity index is 1.62. The molecule has 2 aromatic rings. The third-order valence-corrected chi connectivity index (χ3v) is 5.67. The summed E-state index contributed by atoms with van der Waals surface area (Å²) in [6.07, 6.45) is 0. The van der Waals surface area contributed by atoms with E-state index in [-0.39, 0.29) is 17.4 Å². The summed E-state index contributed by atoms with van der Waals surface area (Å²) in [5.41, 5.74) is 2.00. The maximum atomic E-state index is 12.3. The molecule has 7 heteroatoms. The summed E-state index contributed by atoms with van der Waals surface area (Å²) in [5, 5.41) is 3.47. The molecule has 0 spiro atoms. The van der Waals surface area contributed by atoms with Crippen molar-refractivity contribution >= 4 is 5.95 Å². The molecule has 0 bridgehead atoms. The van der Waals surface area contributed by atoms with E-state index in [1.54, 1.807) is 13.2 Å². The van der Waals surface area contributed by atoms with Gasteiger partial charge in [-0.25, -0.2) is 4.98 Å². The van der Waals surface area contributed by atoms with Crippen LogP contribution in [0.1, 0.15) is 23.1 Å². The van der Waals surface area contributed by atoms with E-state index < -0.39 is 0 Å². The molecule has 7 nitrogen and oxygen atoms in total. The van der Waals surface area contributed by atoms with Gasteiger partial charge in [0.05, 0.1) is 12.8 Å². The zero-order chi connectivity index (χ0) is 18.8. The molecule has 2 aliphatic rings. The summed E-state index contributed by atoms with van der Waals surface area (Å²) >= 11 is 0. The lowest BCUT2D eigenvalue weighted by Gasteiger charge is -2.33. The maximum Gasteiger partial charge on any atom is 0.252 e. The van der Waals surface area contributed by atoms with Gasteiger partial charge >= 0.3 is 0 Å². The summed E-state index contributed by atoms with van der Waals surface area (Å²) in [4.78, 5) is 24.6. The first kappa shape index (κ1) is 18.0. The average molecular weight is 369 g/mol. The lowest BCUT2D eigenvalue weighted by molar-refractivity contribution is 0.311. The van der Waals surface area contributed by atoms with Gasteiger partial charge in [-0.2, -0.15) is 0 Å². The van der Waals surface area contributed by atoms with Crippen LogP contribution in [-0.4, -0.2) is 68.3 Å². The minimum absolute atomic E-state index is 0.0785. The number of aromatic amines is 1. The van der Waals surface area contributed by atoms with Crippen LogP contribution in [0.4, 0.5) is 5.95 Å². The SMILES string of the molecule is COc1cccc([C@@H]2CNC[C@H]2c2cc(=O)[nH]c(N3CCN(C)CC3)n2)c1. The van der Waals surface area contributed by atoms with Gasteiger partial charge in [0, 0.05) is 57.2 Å². The number of nitrogens with one attached hydrogen (secondary N) is 2. The van der Waals surface area contributed by atoms with E-state index in [4.69, 9.17) is 9.72 Å². The van der Waals surface area contributed by atoms with Gasteiger partial charge in [0.2, 0.25) is 5.95 Å². The minimum atomic E-state index is -0.0785. The fourth-order valence-electron chi connectivity index (χ4n) is 4.03. The minimum Gasteiger partial charge on any atom is -0.497 e. The normalized spacial score (nSPS) is 23.6. The van der Waals surface area contributed by atoms with Gasteiger partial charge in [-0.1, -0.05) is 12.1 Å². The van der Waals surface area contributed by atoms with E-state index in [0.29, 0.717) is 5.95 Å². The van der Waals surface area contributed by atoms with E-state index in [1.807, 2.05) is 12.1 Å². The van der Waals surface area contributed by atoms with Crippen LogP contribution in [0.3, 0.4) is 0 Å². The van der Waals surface area contributed by atoms with Gasteiger partial charge in [0.25, 0.3) is 5.56 Å². The highest BCUT2D eigenvalue weighted by Gasteiger charge is 2.32. The number of hydrogen-bond donors (Lipinski definition) is 2. The highest BCUT2D eigenvalue weighted by atomic mass is 16.5. The van der Waals surface area contributed by atoms with Crippen LogP contribution in [0.25, 0.3) is 0 Å². The second kappa shape index (κ2) is 7.70. The van der Waals surface area contributed by atoms with E-state index in [2.05, 4.69) is 39.3 Å². The molecule has 0 radical (unpaired) electrons. The Morgan fingerprint density at radius 2 is 1.89 bits per heavy atom. The zero-order valence-electron chi connectivity index (χ0n) is 15.9. The van der Waals surface area contributed by atoms with Gasteiger partial charge in [0.1, 0.15) is 5.75 Å². The number of anilines is 1. The standard InChI is InChI=1S/C20H27N5O2/c1-24-6-8-25(9-7-24)20-22-18(11-19(26)23-20)17-13-21-12-16(17)14-4-3-5-15(10-14)27-2/h3-5,10-11,16-17,21H,6-9,12-13H2,1-2H3,(H,22,23,26)/t16-,17+/m0/s1. The third kappa shape index (κ3) is 3.84. The van der Waals surface area contributed by atoms with Gasteiger partial charge in [-0.15, -0.1) is 0 Å². The fourth-order valence-corrected chi connectivity index (χ4v) is 4.03. The topological polar surface area (TPSA) is 73.5 Å². The van der Waals surface area contributed by atoms with Gasteiger partial charge in [-0.05, 0) is 24.7 Å². The first-order valence-electron chi connectivity index (χ1n) is 9.53. The number of hydrogen-bond acceptors (Lipinski definition) is 6. The van der Waals surface area contributed by atoms with Crippen molar-refractivity contribution in [2.45, 2.75) is 11.8 Å². The van der Waals surface area contributed by atoms with Crippen LogP contribution in [-0.2, 0) is 0 Å². The molecular formula is C20H27N5O2. The molecule has 2 N–H and O–H groups in total. The Bertz CT molecular complexity index is 844. The molecule has 1 aromatic carbocycles. The molecule has 3 heterocycles. The second-order valence-electron chi connectivity index (χ2n) is 7.43. The smallest absolute Gasteiger partial charge is 0.252 e. The van der Waals surface area contributed by atoms with Crippen LogP contribution in [0.2, 0.25) is 0 Å². The van der Waals surface area contributed by atoms with E-state index in [0.717, 1.165) is 50.7 Å². The highest BCUT2D eigenvalue weighted by Crippen LogP contribution is 2.36. The number of likely N-dealkylation sites (N-methyl/N-ethyl adjacent to an activating group) is 1. The van der Waals surface area contributed by atoms with Gasteiger partial charge in [-0.3, -0.25) is 9.78 Å². The molecule has 27 heavy (non-hydrogen) atoms. The third-order valence-electron chi connectivity index (χ3n) is 5.67. The Morgan fingerprint density at radius 1 is 1.11 bits per heavy atom. The summed E-state index contributed by atoms with van der Waals surface area (Å²) in [6.45, 7) is 5.41. The van der Waals surface area contributed by atoms with Crippen LogP contribution in [0, 0.1) is 0 Å². The molecule has 2 fully saturated rings. The Kier molecular flexibility index (Phi) is 5.13. The van der Waals surface area contributed by atoms with Crippen molar-refractivity contribution in [1.82, 2.24) is 20.2 Å². The number of benzene rings is 1. The predicted octanol–water partition coefficient (Wildman–Crippen LogP) is 1.00. The second-order valence-corrected chi connectivity index (χ2v) is 7.43. The van der Waals surface area contributed by atoms with Crippen LogP contribution >= 0.6 is 0 Å². The lowest BCUT2D eigenvalue weighted by Crippen LogP contribution is -2.45. The van der Waals surface area contributed by atoms with Crippen molar-refractivity contribution in [3.8, 4) is 5.75 Å². The molecule has 0 unspecified atom stereocenters. The quantitative estimate of drug-likeness (QED) is 0.838. The van der Waals surface area contributed by atoms with Crippen LogP contribution in [0.15, 0.2) is 35.1 Å². The van der Waals surface area contributed by atoms with Crippen molar-refractivity contribution in [2.75, 3.05) is 58.3 Å². The molecule has 4 rings (SSSR count). The lowest BCUT2D eigenvalue weighted by atomic mass is 9.86. The zero-order valence-corrected chi connectivity index (χ0v) is 15.9. The largest absolute Gasteiger partial charge is 0.497 e. The summed E-state index contributed by atoms with van der Waals surface area (Å²) in [5.74, 6) is 2.00. The monoisotopic (exact) mass is 369 g/mol. The van der Waals surface area contributed by atoms with Crippen molar-refractivity contribution in [1.29, 1.82) is 0 Å². The van der Waals surface area contributed by atoms with E-state index in [1.165, 1.54) is 5.56 Å². The predicted molar refractivity (Wildman–Crippen MR) is 106 cm³/mol. The number of methoxy groups -OCH3 is 1. The molecule has 2 aliphatic heterocycles. The summed E-state index contributed by atoms with van der Waals surface area (Å²) < 4.78 is 5.38. The molecule has 1 aromatic heterocycles. The van der Waals surface area contributed by atoms with Crippen molar-refractivity contribution in [3.05, 3.63) is 51.9 Å². The van der Waals surface area contributed by atoms with Gasteiger partial charge < -0.3 is 19.9 Å². The molecule has 2 saturated heterocycles. The van der Waals surface area contributed by atoms with Crippen LogP contribution < -0.4 is 20.5 Å². The summed E-state index contributed by atoms with van der Waals surface area (Å²) in [6, 6.07) is 9.84. The molecule has 0 amide bonds. The molecule has 0 aliphatic carbocycles. The van der Waals surface area contributed by atoms with Crippen molar-refractivity contribution in [3.63, 3.8) is 0 Å². The first-order valence-corrected chi connectivity index (χ1v) is 9.53. The van der Waals surface area contributed by atoms with E-state index in [9.17, 15) is 4.79 Å². The summed E-state index contributed by atoms with van der Waals surface area (Å²) in [7, 11) is 3.80. The number of aromatic nitrogens is 2.